The first-order valence-electron chi connectivity index (χ1n) is 13.1. The molecule has 38 heavy (non-hydrogen) atoms. The smallest absolute Gasteiger partial charge is 0.348 e. The van der Waals surface area contributed by atoms with Gasteiger partial charge in [-0.15, -0.1) is 11.3 Å². The molecule has 0 amide bonds. The zero-order chi connectivity index (χ0) is 26.6. The Hall–Kier alpha value is -3.53. The summed E-state index contributed by atoms with van der Waals surface area (Å²) in [5, 5.41) is 24.6. The van der Waals surface area contributed by atoms with Crippen LogP contribution in [0, 0.1) is 0 Å². The van der Waals surface area contributed by atoms with Gasteiger partial charge in [-0.05, 0) is 48.6 Å². The average Bonchev–Trinajstić information content (AvgIpc) is 3.29. The molecule has 198 valence electrons. The number of nitrogens with two attached hydrogens (primary N) is 1. The number of anilines is 2. The number of thiophene rings is 1. The van der Waals surface area contributed by atoms with Crippen molar-refractivity contribution in [2.24, 2.45) is 0 Å². The lowest BCUT2D eigenvalue weighted by Gasteiger charge is -2.34. The molecule has 5 rings (SSSR count). The van der Waals surface area contributed by atoms with Crippen LogP contribution in [-0.4, -0.2) is 51.8 Å². The molecule has 9 heteroatoms. The SMILES string of the molecule is CCCc1cc(N2CCC(NCC(O)c3ccc(-c4ccccn4)cc3)CC2)nc2sc(C(=O)O)c(N)c12. The number of aliphatic hydroxyl groups is 1. The van der Waals surface area contributed by atoms with Crippen LogP contribution in [0.2, 0.25) is 0 Å². The maximum absolute atomic E-state index is 11.6. The molecule has 0 spiro atoms. The van der Waals surface area contributed by atoms with Gasteiger partial charge in [0, 0.05) is 42.8 Å². The molecule has 1 aliphatic rings. The highest BCUT2D eigenvalue weighted by molar-refractivity contribution is 7.21. The molecule has 1 unspecified atom stereocenters. The van der Waals surface area contributed by atoms with Gasteiger partial charge in [-0.25, -0.2) is 9.78 Å². The van der Waals surface area contributed by atoms with Crippen molar-refractivity contribution in [2.75, 3.05) is 30.3 Å². The second-order valence-corrected chi connectivity index (χ2v) is 10.7. The van der Waals surface area contributed by atoms with Gasteiger partial charge in [0.2, 0.25) is 0 Å². The lowest BCUT2D eigenvalue weighted by Crippen LogP contribution is -2.44. The molecule has 0 bridgehead atoms. The van der Waals surface area contributed by atoms with E-state index in [-0.39, 0.29) is 4.88 Å². The number of carboxylic acid groups (broad SMARTS) is 1. The minimum absolute atomic E-state index is 0.162. The van der Waals surface area contributed by atoms with Crippen LogP contribution in [-0.2, 0) is 6.42 Å². The highest BCUT2D eigenvalue weighted by Gasteiger charge is 2.24. The summed E-state index contributed by atoms with van der Waals surface area (Å²) in [6.07, 6.45) is 4.82. The average molecular weight is 532 g/mol. The van der Waals surface area contributed by atoms with Crippen LogP contribution in [0.15, 0.2) is 54.7 Å². The van der Waals surface area contributed by atoms with Gasteiger partial charge in [0.15, 0.2) is 0 Å². The highest BCUT2D eigenvalue weighted by Crippen LogP contribution is 2.37. The summed E-state index contributed by atoms with van der Waals surface area (Å²) in [7, 11) is 0. The van der Waals surface area contributed by atoms with E-state index in [4.69, 9.17) is 10.7 Å². The van der Waals surface area contributed by atoms with E-state index in [0.29, 0.717) is 23.1 Å². The molecule has 8 nitrogen and oxygen atoms in total. The summed E-state index contributed by atoms with van der Waals surface area (Å²) in [6.45, 7) is 4.27. The minimum atomic E-state index is -1.01. The van der Waals surface area contributed by atoms with Crippen molar-refractivity contribution in [3.05, 3.63) is 70.7 Å². The van der Waals surface area contributed by atoms with Gasteiger partial charge in [0.05, 0.1) is 17.5 Å². The Bertz CT molecular complexity index is 1400. The van der Waals surface area contributed by atoms with Crippen molar-refractivity contribution in [1.82, 2.24) is 15.3 Å². The zero-order valence-corrected chi connectivity index (χ0v) is 22.2. The maximum atomic E-state index is 11.6. The topological polar surface area (TPSA) is 125 Å². The number of benzene rings is 1. The molecular formula is C29H33N5O3S. The van der Waals surface area contributed by atoms with Crippen LogP contribution < -0.4 is 16.0 Å². The number of nitrogens with one attached hydrogen (secondary N) is 1. The number of fused-ring (bicyclic) bond motifs is 1. The summed E-state index contributed by atoms with van der Waals surface area (Å²) < 4.78 is 0. The molecule has 1 aromatic carbocycles. The molecule has 0 saturated carbocycles. The Balaban J connectivity index is 1.19. The Morgan fingerprint density at radius 3 is 2.63 bits per heavy atom. The van der Waals surface area contributed by atoms with Crippen LogP contribution in [0.25, 0.3) is 21.5 Å². The van der Waals surface area contributed by atoms with Crippen LogP contribution >= 0.6 is 11.3 Å². The molecule has 0 aliphatic carbocycles. The Morgan fingerprint density at radius 2 is 1.97 bits per heavy atom. The summed E-state index contributed by atoms with van der Waals surface area (Å²) in [6, 6.07) is 16.1. The minimum Gasteiger partial charge on any atom is -0.477 e. The summed E-state index contributed by atoms with van der Waals surface area (Å²) in [5.74, 6) is -0.127. The van der Waals surface area contributed by atoms with Crippen molar-refractivity contribution in [3.8, 4) is 11.3 Å². The summed E-state index contributed by atoms with van der Waals surface area (Å²) in [4.78, 5) is 23.9. The second kappa shape index (κ2) is 11.5. The quantitative estimate of drug-likeness (QED) is 0.241. The van der Waals surface area contributed by atoms with E-state index in [1.807, 2.05) is 42.5 Å². The molecule has 4 aromatic rings. The molecule has 5 N–H and O–H groups in total. The monoisotopic (exact) mass is 531 g/mol. The van der Waals surface area contributed by atoms with Gasteiger partial charge in [0.1, 0.15) is 15.5 Å². The number of pyridine rings is 2. The molecule has 1 aliphatic heterocycles. The fourth-order valence-electron chi connectivity index (χ4n) is 5.09. The fraction of sp³-hybridized carbons (Fsp3) is 0.345. The second-order valence-electron chi connectivity index (χ2n) is 9.74. The van der Waals surface area contributed by atoms with Gasteiger partial charge in [-0.2, -0.15) is 0 Å². The lowest BCUT2D eigenvalue weighted by molar-refractivity contribution is 0.0703. The predicted molar refractivity (Wildman–Crippen MR) is 153 cm³/mol. The number of aryl methyl sites for hydroxylation is 1. The zero-order valence-electron chi connectivity index (χ0n) is 21.4. The van der Waals surface area contributed by atoms with E-state index in [0.717, 1.165) is 83.7 Å². The molecular weight excluding hydrogens is 498 g/mol. The number of nitrogens with zero attached hydrogens (tertiary/aromatic N) is 3. The number of aliphatic hydroxyl groups excluding tert-OH is 1. The molecule has 3 aromatic heterocycles. The van der Waals surface area contributed by atoms with E-state index < -0.39 is 12.1 Å². The van der Waals surface area contributed by atoms with Gasteiger partial charge < -0.3 is 26.2 Å². The van der Waals surface area contributed by atoms with Crippen molar-refractivity contribution in [1.29, 1.82) is 0 Å². The van der Waals surface area contributed by atoms with Crippen molar-refractivity contribution < 1.29 is 15.0 Å². The Labute approximate surface area is 226 Å². The van der Waals surface area contributed by atoms with Gasteiger partial charge in [-0.1, -0.05) is 43.7 Å². The highest BCUT2D eigenvalue weighted by atomic mass is 32.1. The number of rotatable bonds is 9. The first-order valence-corrected chi connectivity index (χ1v) is 13.9. The van der Waals surface area contributed by atoms with E-state index in [1.165, 1.54) is 0 Å². The van der Waals surface area contributed by atoms with Crippen LogP contribution in [0.1, 0.15) is 53.1 Å². The van der Waals surface area contributed by atoms with Gasteiger partial charge >= 0.3 is 5.97 Å². The van der Waals surface area contributed by atoms with E-state index in [1.54, 1.807) is 6.20 Å². The normalized spacial score (nSPS) is 15.2. The summed E-state index contributed by atoms with van der Waals surface area (Å²) in [5.41, 5.74) is 10.4. The van der Waals surface area contributed by atoms with Crippen LogP contribution in [0.3, 0.4) is 0 Å². The van der Waals surface area contributed by atoms with Crippen LogP contribution in [0.4, 0.5) is 11.5 Å². The molecule has 1 atom stereocenters. The van der Waals surface area contributed by atoms with Crippen LogP contribution in [0.5, 0.6) is 0 Å². The van der Waals surface area contributed by atoms with Crippen molar-refractivity contribution in [2.45, 2.75) is 44.8 Å². The van der Waals surface area contributed by atoms with Gasteiger partial charge in [-0.3, -0.25) is 4.98 Å². The fourth-order valence-corrected chi connectivity index (χ4v) is 6.07. The standard InChI is InChI=1S/C29H33N5O3S/c1-2-5-20-16-24(33-28-25(20)26(30)27(38-28)29(36)37)34-14-11-21(12-15-34)32-17-23(35)19-9-7-18(8-10-19)22-6-3-4-13-31-22/h3-4,6-10,13,16,21,23,32,35H,2,5,11-12,14-15,17,30H2,1H3,(H,36,37). The predicted octanol–water partition coefficient (Wildman–Crippen LogP) is 4.88. The lowest BCUT2D eigenvalue weighted by atomic mass is 10.0. The number of carboxylic acids is 1. The maximum Gasteiger partial charge on any atom is 0.348 e. The number of hydrogen-bond donors (Lipinski definition) is 4. The third-order valence-corrected chi connectivity index (χ3v) is 8.24. The number of carbonyl (C=O) groups is 1. The number of aromatic carboxylic acids is 1. The third kappa shape index (κ3) is 5.50. The first kappa shape index (κ1) is 26.1. The van der Waals surface area contributed by atoms with Gasteiger partial charge in [0.25, 0.3) is 0 Å². The first-order chi connectivity index (χ1) is 18.4. The van der Waals surface area contributed by atoms with E-state index in [9.17, 15) is 15.0 Å². The molecule has 0 radical (unpaired) electrons. The van der Waals surface area contributed by atoms with Crippen molar-refractivity contribution >= 4 is 39.0 Å². The number of nitrogen functional groups attached to an aromatic ring is 1. The summed E-state index contributed by atoms with van der Waals surface area (Å²) >= 11 is 1.15. The Kier molecular flexibility index (Phi) is 7.87. The Morgan fingerprint density at radius 1 is 1.21 bits per heavy atom. The molecule has 1 saturated heterocycles. The molecule has 4 heterocycles. The molecule has 1 fully saturated rings. The van der Waals surface area contributed by atoms with Crippen molar-refractivity contribution in [3.63, 3.8) is 0 Å². The van der Waals surface area contributed by atoms with E-state index >= 15 is 0 Å². The number of hydrogen-bond acceptors (Lipinski definition) is 8. The number of piperidine rings is 1. The number of aromatic nitrogens is 2. The largest absolute Gasteiger partial charge is 0.477 e. The van der Waals surface area contributed by atoms with E-state index in [2.05, 4.69) is 28.2 Å². The third-order valence-electron chi connectivity index (χ3n) is 7.16.